The maximum absolute atomic E-state index is 13.2. The van der Waals surface area contributed by atoms with Crippen molar-refractivity contribution in [1.82, 2.24) is 20.2 Å². The summed E-state index contributed by atoms with van der Waals surface area (Å²) in [5, 5.41) is 3.55. The molecule has 3 aromatic rings. The number of benzene rings is 1. The summed E-state index contributed by atoms with van der Waals surface area (Å²) >= 11 is 7.51. The van der Waals surface area contributed by atoms with Crippen molar-refractivity contribution in [3.63, 3.8) is 0 Å². The lowest BCUT2D eigenvalue weighted by atomic mass is 9.86. The van der Waals surface area contributed by atoms with Crippen LogP contribution in [0.4, 0.5) is 5.82 Å². The zero-order valence-electron chi connectivity index (χ0n) is 21.5. The van der Waals surface area contributed by atoms with Crippen molar-refractivity contribution in [3.05, 3.63) is 70.8 Å². The van der Waals surface area contributed by atoms with Crippen LogP contribution in [-0.2, 0) is 16.8 Å². The molecule has 1 atom stereocenters. The predicted molar refractivity (Wildman–Crippen MR) is 146 cm³/mol. The van der Waals surface area contributed by atoms with E-state index in [4.69, 9.17) is 16.0 Å². The van der Waals surface area contributed by atoms with Crippen LogP contribution in [-0.4, -0.2) is 58.1 Å². The van der Waals surface area contributed by atoms with Crippen LogP contribution in [0.5, 0.6) is 0 Å². The zero-order valence-corrected chi connectivity index (χ0v) is 23.1. The van der Waals surface area contributed by atoms with Crippen LogP contribution >= 0.6 is 23.4 Å². The molecule has 0 saturated carbocycles. The van der Waals surface area contributed by atoms with Crippen molar-refractivity contribution in [2.45, 2.75) is 50.9 Å². The van der Waals surface area contributed by atoms with Crippen molar-refractivity contribution >= 4 is 41.0 Å². The lowest BCUT2D eigenvalue weighted by Crippen LogP contribution is -2.54. The second kappa shape index (κ2) is 11.6. The first-order chi connectivity index (χ1) is 17.6. The molecule has 196 valence electrons. The van der Waals surface area contributed by atoms with E-state index in [9.17, 15) is 9.59 Å². The first kappa shape index (κ1) is 27.0. The first-order valence-corrected chi connectivity index (χ1v) is 13.6. The third-order valence-electron chi connectivity index (χ3n) is 6.24. The van der Waals surface area contributed by atoms with Crippen molar-refractivity contribution in [1.29, 1.82) is 0 Å². The van der Waals surface area contributed by atoms with Gasteiger partial charge in [-0.3, -0.25) is 9.59 Å². The highest BCUT2D eigenvalue weighted by Gasteiger charge is 2.29. The number of piperazine rings is 1. The van der Waals surface area contributed by atoms with E-state index in [1.54, 1.807) is 24.5 Å². The molecule has 1 aliphatic heterocycles. The number of anilines is 1. The third-order valence-corrected chi connectivity index (χ3v) is 7.28. The van der Waals surface area contributed by atoms with Crippen LogP contribution in [0.2, 0.25) is 5.15 Å². The smallest absolute Gasteiger partial charge is 0.254 e. The fourth-order valence-electron chi connectivity index (χ4n) is 4.14. The molecule has 4 rings (SSSR count). The molecule has 1 fully saturated rings. The van der Waals surface area contributed by atoms with Crippen molar-refractivity contribution in [2.75, 3.05) is 30.3 Å². The number of nitrogens with zero attached hydrogens (tertiary/aromatic N) is 4. The normalized spacial score (nSPS) is 16.1. The number of nitrogens with one attached hydrogen (secondary N) is 1. The SMILES string of the molecule is CC1CN(c2cc(Cl)nc(SCC(=O)NCc3ccco3)n2)CCN1C(=O)c1ccc(C(C)(C)C)cc1. The molecule has 1 saturated heterocycles. The Morgan fingerprint density at radius 3 is 2.57 bits per heavy atom. The predicted octanol–water partition coefficient (Wildman–Crippen LogP) is 4.78. The van der Waals surface area contributed by atoms with Crippen LogP contribution in [0.1, 0.15) is 49.4 Å². The average molecular weight is 542 g/mol. The molecule has 2 aromatic heterocycles. The van der Waals surface area contributed by atoms with Gasteiger partial charge in [-0.2, -0.15) is 0 Å². The molecule has 37 heavy (non-hydrogen) atoms. The van der Waals surface area contributed by atoms with Gasteiger partial charge in [-0.15, -0.1) is 0 Å². The highest BCUT2D eigenvalue weighted by molar-refractivity contribution is 7.99. The summed E-state index contributed by atoms with van der Waals surface area (Å²) in [4.78, 5) is 38.3. The maximum atomic E-state index is 13.2. The van der Waals surface area contributed by atoms with Crippen LogP contribution in [0, 0.1) is 0 Å². The topological polar surface area (TPSA) is 91.6 Å². The van der Waals surface area contributed by atoms with Gasteiger partial charge in [-0.05, 0) is 42.2 Å². The van der Waals surface area contributed by atoms with Crippen LogP contribution in [0.3, 0.4) is 0 Å². The minimum atomic E-state index is -0.150. The van der Waals surface area contributed by atoms with E-state index < -0.39 is 0 Å². The number of hydrogen-bond acceptors (Lipinski definition) is 7. The fourth-order valence-corrected chi connectivity index (χ4v) is 5.05. The monoisotopic (exact) mass is 541 g/mol. The zero-order chi connectivity index (χ0) is 26.6. The number of rotatable bonds is 7. The van der Waals surface area contributed by atoms with Gasteiger partial charge in [-0.25, -0.2) is 9.97 Å². The summed E-state index contributed by atoms with van der Waals surface area (Å²) in [5.74, 6) is 1.42. The number of carbonyl (C=O) groups excluding carboxylic acids is 2. The van der Waals surface area contributed by atoms with Crippen molar-refractivity contribution < 1.29 is 14.0 Å². The minimum Gasteiger partial charge on any atom is -0.467 e. The Bertz CT molecular complexity index is 1230. The van der Waals surface area contributed by atoms with Crippen LogP contribution < -0.4 is 10.2 Å². The van der Waals surface area contributed by atoms with E-state index in [1.165, 1.54) is 17.3 Å². The van der Waals surface area contributed by atoms with Crippen molar-refractivity contribution in [3.8, 4) is 0 Å². The number of furan rings is 1. The molecule has 0 bridgehead atoms. The quantitative estimate of drug-likeness (QED) is 0.261. The second-order valence-electron chi connectivity index (χ2n) is 10.1. The van der Waals surface area contributed by atoms with E-state index >= 15 is 0 Å². The summed E-state index contributed by atoms with van der Waals surface area (Å²) in [6.45, 7) is 10.7. The van der Waals surface area contributed by atoms with Gasteiger partial charge < -0.3 is 19.5 Å². The summed E-state index contributed by atoms with van der Waals surface area (Å²) in [6, 6.07) is 13.2. The highest BCUT2D eigenvalue weighted by Crippen LogP contribution is 2.26. The molecule has 1 N–H and O–H groups in total. The molecule has 1 aromatic carbocycles. The summed E-state index contributed by atoms with van der Waals surface area (Å²) in [5.41, 5.74) is 1.94. The average Bonchev–Trinajstić information content (AvgIpc) is 3.39. The standard InChI is InChI=1S/C27H32ClN5O3S/c1-18-16-32(11-12-33(18)25(35)19-7-9-20(10-8-19)27(2,3)4)23-14-22(28)30-26(31-23)37-17-24(34)29-15-21-6-5-13-36-21/h5-10,13-14,18H,11-12,15-17H2,1-4H3,(H,29,34). The number of amides is 2. The van der Waals surface area contributed by atoms with Gasteiger partial charge in [0.15, 0.2) is 5.16 Å². The maximum Gasteiger partial charge on any atom is 0.254 e. The molecule has 1 unspecified atom stereocenters. The molecule has 1 aliphatic rings. The summed E-state index contributed by atoms with van der Waals surface area (Å²) in [7, 11) is 0. The van der Waals surface area contributed by atoms with Gasteiger partial charge in [0.1, 0.15) is 16.7 Å². The minimum absolute atomic E-state index is 0.0132. The Morgan fingerprint density at radius 2 is 1.92 bits per heavy atom. The van der Waals surface area contributed by atoms with Crippen LogP contribution in [0.25, 0.3) is 0 Å². The molecule has 10 heteroatoms. The molecular formula is C27H32ClN5O3S. The van der Waals surface area contributed by atoms with Crippen molar-refractivity contribution in [2.24, 2.45) is 0 Å². The van der Waals surface area contributed by atoms with Gasteiger partial charge in [0, 0.05) is 37.3 Å². The van der Waals surface area contributed by atoms with Gasteiger partial charge in [-0.1, -0.05) is 56.3 Å². The number of carbonyl (C=O) groups is 2. The largest absolute Gasteiger partial charge is 0.467 e. The lowest BCUT2D eigenvalue weighted by molar-refractivity contribution is -0.118. The summed E-state index contributed by atoms with van der Waals surface area (Å²) in [6.07, 6.45) is 1.57. The van der Waals surface area contributed by atoms with Gasteiger partial charge in [0.05, 0.1) is 18.6 Å². The van der Waals surface area contributed by atoms with E-state index in [1.807, 2.05) is 36.1 Å². The first-order valence-electron chi connectivity index (χ1n) is 12.2. The second-order valence-corrected chi connectivity index (χ2v) is 11.4. The fraction of sp³-hybridized carbons (Fsp3) is 0.407. The molecule has 0 spiro atoms. The molecule has 0 radical (unpaired) electrons. The molecular weight excluding hydrogens is 510 g/mol. The molecule has 0 aliphatic carbocycles. The van der Waals surface area contributed by atoms with E-state index in [2.05, 4.69) is 41.0 Å². The lowest BCUT2D eigenvalue weighted by Gasteiger charge is -2.40. The highest BCUT2D eigenvalue weighted by atomic mass is 35.5. The Morgan fingerprint density at radius 1 is 1.16 bits per heavy atom. The summed E-state index contributed by atoms with van der Waals surface area (Å²) < 4.78 is 5.22. The van der Waals surface area contributed by atoms with Gasteiger partial charge in [0.2, 0.25) is 5.91 Å². The van der Waals surface area contributed by atoms with E-state index in [-0.39, 0.29) is 29.0 Å². The Labute approximate surface area is 226 Å². The Balaban J connectivity index is 1.34. The Hall–Kier alpha value is -3.04. The van der Waals surface area contributed by atoms with Gasteiger partial charge >= 0.3 is 0 Å². The van der Waals surface area contributed by atoms with E-state index in [0.717, 1.165) is 0 Å². The molecule has 2 amide bonds. The number of halogens is 1. The van der Waals surface area contributed by atoms with E-state index in [0.29, 0.717) is 53.6 Å². The Kier molecular flexibility index (Phi) is 8.44. The third kappa shape index (κ3) is 7.05. The number of aromatic nitrogens is 2. The number of hydrogen-bond donors (Lipinski definition) is 1. The number of thioether (sulfide) groups is 1. The molecule has 3 heterocycles. The molecule has 8 nitrogen and oxygen atoms in total. The van der Waals surface area contributed by atoms with Crippen LogP contribution in [0.15, 0.2) is 58.3 Å². The van der Waals surface area contributed by atoms with Gasteiger partial charge in [0.25, 0.3) is 5.91 Å².